The van der Waals surface area contributed by atoms with Crippen LogP contribution in [0.1, 0.15) is 56.7 Å². The van der Waals surface area contributed by atoms with Gasteiger partial charge < -0.3 is 19.5 Å². The zero-order valence-electron chi connectivity index (χ0n) is 15.3. The molecule has 0 spiro atoms. The smallest absolute Gasteiger partial charge is 0.444 e. The highest BCUT2D eigenvalue weighted by atomic mass is 19.4. The monoisotopic (exact) mass is 374 g/mol. The molecule has 3 rings (SSSR count). The number of hydrogen-bond acceptors (Lipinski definition) is 4. The third-order valence-corrected chi connectivity index (χ3v) is 4.67. The number of imidazole rings is 1. The number of hydrogen-bond donors (Lipinski definition) is 1. The van der Waals surface area contributed by atoms with Crippen molar-refractivity contribution < 1.29 is 22.7 Å². The van der Waals surface area contributed by atoms with Gasteiger partial charge in [0.05, 0.1) is 17.9 Å². The van der Waals surface area contributed by atoms with Crippen LogP contribution in [-0.2, 0) is 24.0 Å². The summed E-state index contributed by atoms with van der Waals surface area (Å²) in [6, 6.07) is 0. The van der Waals surface area contributed by atoms with Crippen LogP contribution < -0.4 is 5.32 Å². The quantitative estimate of drug-likeness (QED) is 0.821. The molecule has 2 aliphatic heterocycles. The van der Waals surface area contributed by atoms with Gasteiger partial charge in [0.25, 0.3) is 0 Å². The van der Waals surface area contributed by atoms with Gasteiger partial charge in [0.2, 0.25) is 5.82 Å². The lowest BCUT2D eigenvalue weighted by molar-refractivity contribution is -0.147. The lowest BCUT2D eigenvalue weighted by atomic mass is 9.93. The van der Waals surface area contributed by atoms with Gasteiger partial charge in [0, 0.05) is 19.0 Å². The lowest BCUT2D eigenvalue weighted by Crippen LogP contribution is -2.42. The number of fused-ring (bicyclic) bond motifs is 1. The first-order valence-electron chi connectivity index (χ1n) is 8.91. The number of carbonyl (C=O) groups is 1. The average Bonchev–Trinajstić information content (AvgIpc) is 2.93. The maximum absolute atomic E-state index is 13.4. The van der Waals surface area contributed by atoms with Gasteiger partial charge in [-0.3, -0.25) is 0 Å². The first-order chi connectivity index (χ1) is 12.1. The molecular weight excluding hydrogens is 349 g/mol. The molecule has 1 saturated heterocycles. The van der Waals surface area contributed by atoms with Gasteiger partial charge in [-0.05, 0) is 46.7 Å². The number of rotatable bonds is 1. The van der Waals surface area contributed by atoms with Gasteiger partial charge in [0.15, 0.2) is 0 Å². The molecule has 0 aromatic carbocycles. The highest BCUT2D eigenvalue weighted by Crippen LogP contribution is 2.36. The van der Waals surface area contributed by atoms with E-state index in [1.54, 1.807) is 20.8 Å². The molecule has 2 aliphatic rings. The maximum atomic E-state index is 13.4. The predicted molar refractivity (Wildman–Crippen MR) is 88.7 cm³/mol. The Balaban J connectivity index is 1.91. The molecule has 26 heavy (non-hydrogen) atoms. The first-order valence-corrected chi connectivity index (χ1v) is 8.91. The van der Waals surface area contributed by atoms with Crippen molar-refractivity contribution in [2.75, 3.05) is 19.6 Å². The minimum absolute atomic E-state index is 0.0211. The summed E-state index contributed by atoms with van der Waals surface area (Å²) < 4.78 is 46.9. The number of carbonyl (C=O) groups excluding carboxylic acids is 1. The number of aromatic nitrogens is 2. The Morgan fingerprint density at radius 1 is 1.19 bits per heavy atom. The van der Waals surface area contributed by atoms with Crippen molar-refractivity contribution in [2.45, 2.75) is 64.4 Å². The van der Waals surface area contributed by atoms with E-state index in [-0.39, 0.29) is 25.6 Å². The second-order valence-corrected chi connectivity index (χ2v) is 7.84. The van der Waals surface area contributed by atoms with Crippen molar-refractivity contribution in [1.29, 1.82) is 0 Å². The average molecular weight is 374 g/mol. The van der Waals surface area contributed by atoms with Crippen LogP contribution in [0.4, 0.5) is 18.0 Å². The van der Waals surface area contributed by atoms with Crippen LogP contribution in [0, 0.1) is 0 Å². The van der Waals surface area contributed by atoms with E-state index in [2.05, 4.69) is 10.3 Å². The molecule has 146 valence electrons. The number of halogens is 3. The molecule has 1 amide bonds. The summed E-state index contributed by atoms with van der Waals surface area (Å²) in [6.07, 6.45) is -3.52. The van der Waals surface area contributed by atoms with Crippen molar-refractivity contribution in [3.8, 4) is 0 Å². The molecule has 1 fully saturated rings. The Morgan fingerprint density at radius 2 is 1.85 bits per heavy atom. The van der Waals surface area contributed by atoms with E-state index in [1.165, 1.54) is 9.47 Å². The van der Waals surface area contributed by atoms with Gasteiger partial charge in [-0.2, -0.15) is 13.2 Å². The molecule has 9 heteroatoms. The SMILES string of the molecule is CC(C)(C)OC(=O)N1CCn2c(C(F)(F)F)nc(C3CCNCC3)c2C1. The number of nitrogens with zero attached hydrogens (tertiary/aromatic N) is 3. The molecule has 0 bridgehead atoms. The molecule has 0 aliphatic carbocycles. The van der Waals surface area contributed by atoms with Crippen molar-refractivity contribution in [3.05, 3.63) is 17.2 Å². The molecular formula is C17H25F3N4O2. The summed E-state index contributed by atoms with van der Waals surface area (Å²) in [6.45, 7) is 7.15. The summed E-state index contributed by atoms with van der Waals surface area (Å²) in [4.78, 5) is 17.8. The second-order valence-electron chi connectivity index (χ2n) is 7.84. The van der Waals surface area contributed by atoms with E-state index in [1.807, 2.05) is 0 Å². The van der Waals surface area contributed by atoms with Crippen LogP contribution in [0.3, 0.4) is 0 Å². The summed E-state index contributed by atoms with van der Waals surface area (Å²) in [5, 5.41) is 3.21. The standard InChI is InChI=1S/C17H25F3N4O2/c1-16(2,3)26-15(25)23-8-9-24-12(10-23)13(11-4-6-21-7-5-11)22-14(24)17(18,19)20/h11,21H,4-10H2,1-3H3. The van der Waals surface area contributed by atoms with Crippen molar-refractivity contribution in [1.82, 2.24) is 19.8 Å². The molecule has 0 atom stereocenters. The van der Waals surface area contributed by atoms with Crippen molar-refractivity contribution in [3.63, 3.8) is 0 Å². The maximum Gasteiger partial charge on any atom is 0.449 e. The van der Waals surface area contributed by atoms with E-state index >= 15 is 0 Å². The van der Waals surface area contributed by atoms with Crippen molar-refractivity contribution in [2.24, 2.45) is 0 Å². The molecule has 6 nitrogen and oxygen atoms in total. The van der Waals surface area contributed by atoms with Crippen LogP contribution in [0.2, 0.25) is 0 Å². The topological polar surface area (TPSA) is 59.4 Å². The Kier molecular flexibility index (Phi) is 4.94. The molecule has 1 aromatic heterocycles. The van der Waals surface area contributed by atoms with Crippen LogP contribution in [-0.4, -0.2) is 45.8 Å². The highest BCUT2D eigenvalue weighted by molar-refractivity contribution is 5.68. The minimum Gasteiger partial charge on any atom is -0.444 e. The molecule has 0 saturated carbocycles. The molecule has 1 aromatic rings. The van der Waals surface area contributed by atoms with Gasteiger partial charge in [-0.25, -0.2) is 9.78 Å². The van der Waals surface area contributed by atoms with Crippen LogP contribution in [0.25, 0.3) is 0 Å². The fourth-order valence-corrected chi connectivity index (χ4v) is 3.51. The third kappa shape index (κ3) is 3.97. The van der Waals surface area contributed by atoms with E-state index in [9.17, 15) is 18.0 Å². The Bertz CT molecular complexity index is 673. The predicted octanol–water partition coefficient (Wildman–Crippen LogP) is 3.12. The molecule has 3 heterocycles. The zero-order valence-corrected chi connectivity index (χ0v) is 15.3. The fourth-order valence-electron chi connectivity index (χ4n) is 3.51. The van der Waals surface area contributed by atoms with Gasteiger partial charge in [-0.15, -0.1) is 0 Å². The summed E-state index contributed by atoms with van der Waals surface area (Å²) in [7, 11) is 0. The number of piperidine rings is 1. The van der Waals surface area contributed by atoms with E-state index in [0.29, 0.717) is 11.4 Å². The van der Waals surface area contributed by atoms with Crippen LogP contribution >= 0.6 is 0 Å². The van der Waals surface area contributed by atoms with Crippen molar-refractivity contribution >= 4 is 6.09 Å². The molecule has 0 unspecified atom stereocenters. The number of nitrogens with one attached hydrogen (secondary N) is 1. The van der Waals surface area contributed by atoms with Gasteiger partial charge in [0.1, 0.15) is 5.60 Å². The molecule has 1 N–H and O–H groups in total. The first kappa shape index (κ1) is 19.0. The Labute approximate surface area is 150 Å². The fraction of sp³-hybridized carbons (Fsp3) is 0.765. The zero-order chi connectivity index (χ0) is 19.1. The Morgan fingerprint density at radius 3 is 2.42 bits per heavy atom. The lowest BCUT2D eigenvalue weighted by Gasteiger charge is -2.32. The van der Waals surface area contributed by atoms with E-state index < -0.39 is 23.7 Å². The van der Waals surface area contributed by atoms with E-state index in [4.69, 9.17) is 4.74 Å². The summed E-state index contributed by atoms with van der Waals surface area (Å²) in [5.41, 5.74) is 0.317. The number of alkyl halides is 3. The number of ether oxygens (including phenoxy) is 1. The van der Waals surface area contributed by atoms with Crippen LogP contribution in [0.15, 0.2) is 0 Å². The largest absolute Gasteiger partial charge is 0.449 e. The van der Waals surface area contributed by atoms with Gasteiger partial charge >= 0.3 is 12.3 Å². The number of amides is 1. The minimum atomic E-state index is -4.51. The second kappa shape index (κ2) is 6.75. The molecule has 0 radical (unpaired) electrons. The Hall–Kier alpha value is -1.77. The van der Waals surface area contributed by atoms with Gasteiger partial charge in [-0.1, -0.05) is 0 Å². The summed E-state index contributed by atoms with van der Waals surface area (Å²) >= 11 is 0. The summed E-state index contributed by atoms with van der Waals surface area (Å²) in [5.74, 6) is -0.878. The van der Waals surface area contributed by atoms with E-state index in [0.717, 1.165) is 25.9 Å². The highest BCUT2D eigenvalue weighted by Gasteiger charge is 2.42. The van der Waals surface area contributed by atoms with Crippen LogP contribution in [0.5, 0.6) is 0 Å². The third-order valence-electron chi connectivity index (χ3n) is 4.67. The normalized spacial score (nSPS) is 19.4.